The molecule has 0 atom stereocenters. The monoisotopic (exact) mass is 384 g/mol. The second-order valence-electron chi connectivity index (χ2n) is 6.48. The fraction of sp³-hybridized carbons (Fsp3) is 0.0870. The molecule has 0 bridgehead atoms. The minimum absolute atomic E-state index is 0.216. The number of pyridine rings is 1. The fourth-order valence-electron chi connectivity index (χ4n) is 2.96. The molecule has 144 valence electrons. The predicted octanol–water partition coefficient (Wildman–Crippen LogP) is 4.41. The van der Waals surface area contributed by atoms with Crippen LogP contribution in [0.5, 0.6) is 5.75 Å². The lowest BCUT2D eigenvalue weighted by molar-refractivity contribution is 0.102. The van der Waals surface area contributed by atoms with Gasteiger partial charge in [-0.25, -0.2) is 4.68 Å². The van der Waals surface area contributed by atoms with E-state index in [1.165, 1.54) is 0 Å². The van der Waals surface area contributed by atoms with Gasteiger partial charge in [-0.05, 0) is 43.3 Å². The van der Waals surface area contributed by atoms with Gasteiger partial charge >= 0.3 is 0 Å². The Morgan fingerprint density at radius 3 is 2.66 bits per heavy atom. The largest absolute Gasteiger partial charge is 0.487 e. The number of para-hydroxylation sites is 1. The highest BCUT2D eigenvalue weighted by Gasteiger charge is 2.15. The van der Waals surface area contributed by atoms with Crippen LogP contribution >= 0.6 is 0 Å². The summed E-state index contributed by atoms with van der Waals surface area (Å²) in [5.41, 5.74) is 3.70. The van der Waals surface area contributed by atoms with Crippen LogP contribution < -0.4 is 10.1 Å². The number of anilines is 1. The van der Waals surface area contributed by atoms with Gasteiger partial charge in [0.25, 0.3) is 5.91 Å². The van der Waals surface area contributed by atoms with E-state index in [4.69, 9.17) is 4.74 Å². The third kappa shape index (κ3) is 4.32. The number of benzene rings is 2. The molecule has 6 nitrogen and oxygen atoms in total. The highest BCUT2D eigenvalue weighted by atomic mass is 16.5. The summed E-state index contributed by atoms with van der Waals surface area (Å²) in [6, 6.07) is 22.7. The minimum atomic E-state index is -0.216. The van der Waals surface area contributed by atoms with E-state index in [9.17, 15) is 4.79 Å². The third-order valence-electron chi connectivity index (χ3n) is 4.46. The van der Waals surface area contributed by atoms with E-state index in [1.54, 1.807) is 23.1 Å². The molecule has 2 aromatic carbocycles. The first-order chi connectivity index (χ1) is 14.2. The van der Waals surface area contributed by atoms with Crippen LogP contribution in [0.25, 0.3) is 5.69 Å². The number of carbonyl (C=O) groups is 1. The van der Waals surface area contributed by atoms with Gasteiger partial charge in [0.05, 0.1) is 28.8 Å². The zero-order valence-electron chi connectivity index (χ0n) is 15.9. The number of carbonyl (C=O) groups excluding carboxylic acids is 1. The number of ether oxygens (including phenoxy) is 1. The summed E-state index contributed by atoms with van der Waals surface area (Å²) < 4.78 is 7.53. The van der Waals surface area contributed by atoms with Crippen molar-refractivity contribution < 1.29 is 9.53 Å². The molecule has 0 spiro atoms. The zero-order chi connectivity index (χ0) is 20.1. The van der Waals surface area contributed by atoms with E-state index in [1.807, 2.05) is 73.7 Å². The van der Waals surface area contributed by atoms with Crippen molar-refractivity contribution in [2.75, 3.05) is 5.32 Å². The number of nitrogens with one attached hydrogen (secondary N) is 1. The van der Waals surface area contributed by atoms with Crippen molar-refractivity contribution in [2.45, 2.75) is 13.5 Å². The van der Waals surface area contributed by atoms with Crippen molar-refractivity contribution in [1.82, 2.24) is 14.8 Å². The first-order valence-electron chi connectivity index (χ1n) is 9.25. The minimum Gasteiger partial charge on any atom is -0.487 e. The first-order valence-corrected chi connectivity index (χ1v) is 9.25. The lowest BCUT2D eigenvalue weighted by Gasteiger charge is -2.09. The summed E-state index contributed by atoms with van der Waals surface area (Å²) >= 11 is 0. The number of aromatic nitrogens is 3. The maximum atomic E-state index is 12.8. The molecular weight excluding hydrogens is 364 g/mol. The van der Waals surface area contributed by atoms with E-state index in [-0.39, 0.29) is 5.91 Å². The van der Waals surface area contributed by atoms with E-state index in [0.717, 1.165) is 17.1 Å². The van der Waals surface area contributed by atoms with Gasteiger partial charge in [-0.2, -0.15) is 5.10 Å². The van der Waals surface area contributed by atoms with Crippen LogP contribution in [0, 0.1) is 6.92 Å². The summed E-state index contributed by atoms with van der Waals surface area (Å²) in [6.07, 6.45) is 3.31. The van der Waals surface area contributed by atoms with E-state index < -0.39 is 0 Å². The summed E-state index contributed by atoms with van der Waals surface area (Å²) in [4.78, 5) is 17.0. The Bertz CT molecular complexity index is 1110. The summed E-state index contributed by atoms with van der Waals surface area (Å²) in [7, 11) is 0. The van der Waals surface area contributed by atoms with Crippen molar-refractivity contribution in [3.05, 3.63) is 102 Å². The molecule has 4 rings (SSSR count). The van der Waals surface area contributed by atoms with Crippen LogP contribution in [0.15, 0.2) is 85.2 Å². The summed E-state index contributed by atoms with van der Waals surface area (Å²) in [5.74, 6) is 0.441. The van der Waals surface area contributed by atoms with Gasteiger partial charge in [0, 0.05) is 18.0 Å². The average Bonchev–Trinajstić information content (AvgIpc) is 3.15. The van der Waals surface area contributed by atoms with Gasteiger partial charge in [0.15, 0.2) is 0 Å². The highest BCUT2D eigenvalue weighted by molar-refractivity contribution is 6.05. The fourth-order valence-corrected chi connectivity index (χ4v) is 2.96. The number of rotatable bonds is 6. The maximum Gasteiger partial charge on any atom is 0.259 e. The van der Waals surface area contributed by atoms with Crippen LogP contribution in [0.4, 0.5) is 5.69 Å². The molecule has 6 heteroatoms. The van der Waals surface area contributed by atoms with Crippen LogP contribution in [0.3, 0.4) is 0 Å². The molecule has 1 N–H and O–H groups in total. The molecule has 29 heavy (non-hydrogen) atoms. The second kappa shape index (κ2) is 8.39. The Morgan fingerprint density at radius 1 is 1.03 bits per heavy atom. The molecule has 0 saturated carbocycles. The zero-order valence-corrected chi connectivity index (χ0v) is 15.9. The van der Waals surface area contributed by atoms with Crippen molar-refractivity contribution in [3.63, 3.8) is 0 Å². The lowest BCUT2D eigenvalue weighted by Crippen LogP contribution is -2.13. The van der Waals surface area contributed by atoms with E-state index in [2.05, 4.69) is 15.4 Å². The number of amides is 1. The molecule has 0 saturated heterocycles. The van der Waals surface area contributed by atoms with Gasteiger partial charge in [0.2, 0.25) is 0 Å². The predicted molar refractivity (Wildman–Crippen MR) is 111 cm³/mol. The molecule has 0 radical (unpaired) electrons. The Hall–Kier alpha value is -3.93. The molecule has 1 amide bonds. The third-order valence-corrected chi connectivity index (χ3v) is 4.46. The van der Waals surface area contributed by atoms with Gasteiger partial charge in [0.1, 0.15) is 12.4 Å². The topological polar surface area (TPSA) is 69.0 Å². The average molecular weight is 384 g/mol. The highest BCUT2D eigenvalue weighted by Crippen LogP contribution is 2.20. The maximum absolute atomic E-state index is 12.8. The van der Waals surface area contributed by atoms with E-state index in [0.29, 0.717) is 23.6 Å². The molecule has 0 aliphatic heterocycles. The van der Waals surface area contributed by atoms with Gasteiger partial charge in [-0.15, -0.1) is 0 Å². The molecule has 4 aromatic rings. The van der Waals surface area contributed by atoms with Crippen LogP contribution in [0.2, 0.25) is 0 Å². The Morgan fingerprint density at radius 2 is 1.86 bits per heavy atom. The van der Waals surface area contributed by atoms with Gasteiger partial charge in [-0.3, -0.25) is 9.78 Å². The molecule has 0 fully saturated rings. The van der Waals surface area contributed by atoms with Crippen LogP contribution in [-0.2, 0) is 6.61 Å². The number of nitrogens with zero attached hydrogens (tertiary/aromatic N) is 3. The lowest BCUT2D eigenvalue weighted by atomic mass is 10.2. The Kier molecular flexibility index (Phi) is 5.33. The second-order valence-corrected chi connectivity index (χ2v) is 6.48. The van der Waals surface area contributed by atoms with Crippen LogP contribution in [-0.4, -0.2) is 20.7 Å². The quantitative estimate of drug-likeness (QED) is 0.535. The number of hydrogen-bond acceptors (Lipinski definition) is 4. The first kappa shape index (κ1) is 18.4. The molecule has 0 aliphatic rings. The molecule has 0 unspecified atom stereocenters. The van der Waals surface area contributed by atoms with Gasteiger partial charge in [-0.1, -0.05) is 30.3 Å². The molecular formula is C23H20N4O2. The summed E-state index contributed by atoms with van der Waals surface area (Å²) in [6.45, 7) is 2.24. The molecule has 0 aliphatic carbocycles. The summed E-state index contributed by atoms with van der Waals surface area (Å²) in [5, 5.41) is 7.27. The van der Waals surface area contributed by atoms with Gasteiger partial charge < -0.3 is 10.1 Å². The molecule has 2 aromatic heterocycles. The Labute approximate surface area is 168 Å². The van der Waals surface area contributed by atoms with E-state index >= 15 is 0 Å². The normalized spacial score (nSPS) is 10.5. The van der Waals surface area contributed by atoms with Crippen LogP contribution in [0.1, 0.15) is 21.7 Å². The van der Waals surface area contributed by atoms with Crippen molar-refractivity contribution in [1.29, 1.82) is 0 Å². The SMILES string of the molecule is Cc1c(C(=O)Nc2cccc(OCc3ccccn3)c2)cnn1-c1ccccc1. The van der Waals surface area contributed by atoms with Crippen molar-refractivity contribution in [3.8, 4) is 11.4 Å². The smallest absolute Gasteiger partial charge is 0.259 e. The molecule has 2 heterocycles. The standard InChI is InChI=1S/C23H20N4O2/c1-17-22(15-25-27(17)20-10-3-2-4-11-20)23(28)26-18-9-7-12-21(14-18)29-16-19-8-5-6-13-24-19/h2-15H,16H2,1H3,(H,26,28). The number of hydrogen-bond donors (Lipinski definition) is 1. The van der Waals surface area contributed by atoms with Crippen molar-refractivity contribution >= 4 is 11.6 Å². The van der Waals surface area contributed by atoms with Crippen molar-refractivity contribution in [2.24, 2.45) is 0 Å². The Balaban J connectivity index is 1.46.